The standard InChI is InChI=1S/C19H18O4/c1-22-13-17(19(21)23-2)16-11-7-6-10-15(16)12-18(20)14-8-4-3-5-9-14/h3-11,13H,12H2,1-2H3/b17-13-. The van der Waals surface area contributed by atoms with Gasteiger partial charge in [0.1, 0.15) is 5.57 Å². The molecule has 4 nitrogen and oxygen atoms in total. The monoisotopic (exact) mass is 310 g/mol. The zero-order valence-corrected chi connectivity index (χ0v) is 13.1. The number of methoxy groups -OCH3 is 2. The molecule has 0 aromatic heterocycles. The Morgan fingerprint density at radius 2 is 1.61 bits per heavy atom. The molecule has 23 heavy (non-hydrogen) atoms. The first kappa shape index (κ1) is 16.5. The molecule has 0 saturated heterocycles. The second-order valence-corrected chi connectivity index (χ2v) is 4.88. The first-order chi connectivity index (χ1) is 11.2. The predicted octanol–water partition coefficient (Wildman–Crippen LogP) is 3.27. The van der Waals surface area contributed by atoms with Crippen molar-refractivity contribution < 1.29 is 19.1 Å². The van der Waals surface area contributed by atoms with Gasteiger partial charge in [0.15, 0.2) is 5.78 Å². The summed E-state index contributed by atoms with van der Waals surface area (Å²) >= 11 is 0. The lowest BCUT2D eigenvalue weighted by atomic mass is 9.95. The minimum atomic E-state index is -0.508. The van der Waals surface area contributed by atoms with E-state index in [4.69, 9.17) is 9.47 Å². The van der Waals surface area contributed by atoms with Crippen LogP contribution in [0.5, 0.6) is 0 Å². The summed E-state index contributed by atoms with van der Waals surface area (Å²) in [4.78, 5) is 24.4. The van der Waals surface area contributed by atoms with Crippen molar-refractivity contribution in [2.45, 2.75) is 6.42 Å². The first-order valence-electron chi connectivity index (χ1n) is 7.15. The molecule has 2 rings (SSSR count). The number of benzene rings is 2. The summed E-state index contributed by atoms with van der Waals surface area (Å²) in [5, 5.41) is 0. The van der Waals surface area contributed by atoms with Gasteiger partial charge in [0.05, 0.1) is 20.5 Å². The smallest absolute Gasteiger partial charge is 0.341 e. The molecule has 118 valence electrons. The zero-order valence-electron chi connectivity index (χ0n) is 13.1. The number of hydrogen-bond acceptors (Lipinski definition) is 4. The van der Waals surface area contributed by atoms with E-state index in [9.17, 15) is 9.59 Å². The van der Waals surface area contributed by atoms with Crippen LogP contribution in [0.2, 0.25) is 0 Å². The van der Waals surface area contributed by atoms with Gasteiger partial charge in [-0.15, -0.1) is 0 Å². The fourth-order valence-electron chi connectivity index (χ4n) is 2.29. The molecule has 4 heteroatoms. The minimum absolute atomic E-state index is 0.0142. The van der Waals surface area contributed by atoms with E-state index in [1.807, 2.05) is 30.3 Å². The normalized spacial score (nSPS) is 11.0. The topological polar surface area (TPSA) is 52.6 Å². The highest BCUT2D eigenvalue weighted by atomic mass is 16.5. The lowest BCUT2D eigenvalue weighted by Crippen LogP contribution is -2.10. The molecule has 0 saturated carbocycles. The predicted molar refractivity (Wildman–Crippen MR) is 87.9 cm³/mol. The summed E-state index contributed by atoms with van der Waals surface area (Å²) in [5.41, 5.74) is 2.30. The zero-order chi connectivity index (χ0) is 16.7. The van der Waals surface area contributed by atoms with Gasteiger partial charge >= 0.3 is 5.97 Å². The molecule has 0 atom stereocenters. The highest BCUT2D eigenvalue weighted by Gasteiger charge is 2.18. The van der Waals surface area contributed by atoms with Gasteiger partial charge in [-0.25, -0.2) is 4.79 Å². The second kappa shape index (κ2) is 7.94. The van der Waals surface area contributed by atoms with Crippen LogP contribution in [0.4, 0.5) is 0 Å². The molecule has 0 spiro atoms. The Kier molecular flexibility index (Phi) is 5.69. The van der Waals surface area contributed by atoms with E-state index in [1.165, 1.54) is 20.5 Å². The fraction of sp³-hybridized carbons (Fsp3) is 0.158. The van der Waals surface area contributed by atoms with Gasteiger partial charge in [-0.1, -0.05) is 54.6 Å². The molecule has 0 heterocycles. The van der Waals surface area contributed by atoms with Crippen LogP contribution >= 0.6 is 0 Å². The Bertz CT molecular complexity index is 717. The summed E-state index contributed by atoms with van der Waals surface area (Å²) in [7, 11) is 2.77. The van der Waals surface area contributed by atoms with Crippen LogP contribution in [-0.4, -0.2) is 26.0 Å². The van der Waals surface area contributed by atoms with E-state index in [1.54, 1.807) is 24.3 Å². The minimum Gasteiger partial charge on any atom is -0.503 e. The lowest BCUT2D eigenvalue weighted by molar-refractivity contribution is -0.133. The summed E-state index contributed by atoms with van der Waals surface area (Å²) < 4.78 is 9.77. The summed E-state index contributed by atoms with van der Waals surface area (Å²) in [6.45, 7) is 0. The number of carbonyl (C=O) groups excluding carboxylic acids is 2. The Hall–Kier alpha value is -2.88. The quantitative estimate of drug-likeness (QED) is 0.356. The van der Waals surface area contributed by atoms with Crippen molar-refractivity contribution in [2.75, 3.05) is 14.2 Å². The number of rotatable bonds is 6. The number of carbonyl (C=O) groups is 2. The van der Waals surface area contributed by atoms with Gasteiger partial charge in [-0.05, 0) is 11.1 Å². The van der Waals surface area contributed by atoms with Gasteiger partial charge in [0, 0.05) is 12.0 Å². The average molecular weight is 310 g/mol. The van der Waals surface area contributed by atoms with Gasteiger partial charge in [0.2, 0.25) is 0 Å². The van der Waals surface area contributed by atoms with Crippen LogP contribution in [0.1, 0.15) is 21.5 Å². The van der Waals surface area contributed by atoms with Gasteiger partial charge < -0.3 is 9.47 Å². The van der Waals surface area contributed by atoms with Crippen LogP contribution in [0.25, 0.3) is 5.57 Å². The molecule has 0 aliphatic rings. The molecule has 0 aliphatic carbocycles. The Balaban J connectivity index is 2.36. The van der Waals surface area contributed by atoms with Crippen LogP contribution in [0, 0.1) is 0 Å². The number of ketones is 1. The van der Waals surface area contributed by atoms with E-state index in [0.717, 1.165) is 5.56 Å². The molecular formula is C19H18O4. The Labute approximate surface area is 135 Å². The maximum Gasteiger partial charge on any atom is 0.341 e. The van der Waals surface area contributed by atoms with Crippen molar-refractivity contribution >= 4 is 17.3 Å². The van der Waals surface area contributed by atoms with Crippen LogP contribution < -0.4 is 0 Å². The van der Waals surface area contributed by atoms with E-state index in [2.05, 4.69) is 0 Å². The average Bonchev–Trinajstić information content (AvgIpc) is 2.60. The Morgan fingerprint density at radius 3 is 2.26 bits per heavy atom. The summed E-state index contributed by atoms with van der Waals surface area (Å²) in [6.07, 6.45) is 1.52. The van der Waals surface area contributed by atoms with Gasteiger partial charge in [-0.3, -0.25) is 4.79 Å². The second-order valence-electron chi connectivity index (χ2n) is 4.88. The van der Waals surface area contributed by atoms with Crippen LogP contribution in [-0.2, 0) is 20.7 Å². The third-order valence-corrected chi connectivity index (χ3v) is 3.40. The lowest BCUT2D eigenvalue weighted by Gasteiger charge is -2.11. The molecule has 0 N–H and O–H groups in total. The van der Waals surface area contributed by atoms with Crippen molar-refractivity contribution in [2.24, 2.45) is 0 Å². The van der Waals surface area contributed by atoms with Gasteiger partial charge in [0.25, 0.3) is 0 Å². The van der Waals surface area contributed by atoms with Crippen molar-refractivity contribution in [3.63, 3.8) is 0 Å². The van der Waals surface area contributed by atoms with E-state index in [-0.39, 0.29) is 17.8 Å². The number of esters is 1. The van der Waals surface area contributed by atoms with E-state index in [0.29, 0.717) is 11.1 Å². The van der Waals surface area contributed by atoms with E-state index >= 15 is 0 Å². The molecule has 0 bridgehead atoms. The third-order valence-electron chi connectivity index (χ3n) is 3.40. The summed E-state index contributed by atoms with van der Waals surface area (Å²) in [5.74, 6) is -0.522. The van der Waals surface area contributed by atoms with Gasteiger partial charge in [-0.2, -0.15) is 0 Å². The highest BCUT2D eigenvalue weighted by Crippen LogP contribution is 2.22. The Morgan fingerprint density at radius 1 is 0.957 bits per heavy atom. The van der Waals surface area contributed by atoms with Crippen LogP contribution in [0.3, 0.4) is 0 Å². The first-order valence-corrected chi connectivity index (χ1v) is 7.15. The largest absolute Gasteiger partial charge is 0.503 e. The van der Waals surface area contributed by atoms with Crippen molar-refractivity contribution in [1.82, 2.24) is 0 Å². The molecule has 2 aromatic rings. The number of hydrogen-bond donors (Lipinski definition) is 0. The molecule has 0 unspecified atom stereocenters. The molecule has 0 amide bonds. The maximum absolute atomic E-state index is 12.4. The molecule has 0 fully saturated rings. The van der Waals surface area contributed by atoms with Crippen molar-refractivity contribution in [1.29, 1.82) is 0 Å². The fourth-order valence-corrected chi connectivity index (χ4v) is 2.29. The number of Topliss-reactive ketones (excluding diaryl/α,β-unsaturated/α-hetero) is 1. The summed E-state index contributed by atoms with van der Waals surface area (Å²) in [6, 6.07) is 16.3. The SMILES string of the molecule is CO/C=C(\C(=O)OC)c1ccccc1CC(=O)c1ccccc1. The molecular weight excluding hydrogens is 292 g/mol. The number of ether oxygens (including phenoxy) is 2. The van der Waals surface area contributed by atoms with Crippen LogP contribution in [0.15, 0.2) is 60.9 Å². The van der Waals surface area contributed by atoms with E-state index < -0.39 is 5.97 Å². The van der Waals surface area contributed by atoms with Crippen molar-refractivity contribution in [3.05, 3.63) is 77.5 Å². The van der Waals surface area contributed by atoms with Crippen molar-refractivity contribution in [3.8, 4) is 0 Å². The third kappa shape index (κ3) is 4.07. The highest BCUT2D eigenvalue weighted by molar-refractivity contribution is 6.16. The molecule has 2 aromatic carbocycles. The molecule has 0 radical (unpaired) electrons. The molecule has 0 aliphatic heterocycles. The maximum atomic E-state index is 12.4.